The minimum atomic E-state index is 0.108. The molecule has 4 aromatic rings. The lowest BCUT2D eigenvalue weighted by Gasteiger charge is -2.09. The molecule has 0 saturated heterocycles. The zero-order valence-corrected chi connectivity index (χ0v) is 15.5. The molecule has 2 heterocycles. The molecule has 0 N–H and O–H groups in total. The first-order valence-electron chi connectivity index (χ1n) is 9.31. The molecule has 0 fully saturated rings. The van der Waals surface area contributed by atoms with Crippen molar-refractivity contribution in [3.63, 3.8) is 0 Å². The molecule has 2 aromatic heterocycles. The van der Waals surface area contributed by atoms with Gasteiger partial charge in [0.15, 0.2) is 0 Å². The predicted octanol–water partition coefficient (Wildman–Crippen LogP) is 5.16. The summed E-state index contributed by atoms with van der Waals surface area (Å²) in [5.41, 5.74) is 4.30. The van der Waals surface area contributed by atoms with Crippen LogP contribution in [0, 0.1) is 0 Å². The molecule has 5 heteroatoms. The van der Waals surface area contributed by atoms with Gasteiger partial charge in [-0.3, -0.25) is 4.68 Å². The lowest BCUT2D eigenvalue weighted by molar-refractivity contribution is 0.363. The molecule has 0 aliphatic heterocycles. The maximum atomic E-state index is 5.62. The van der Waals surface area contributed by atoms with Gasteiger partial charge in [0.05, 0.1) is 11.6 Å². The van der Waals surface area contributed by atoms with Crippen LogP contribution >= 0.6 is 0 Å². The van der Waals surface area contributed by atoms with E-state index in [1.807, 2.05) is 47.3 Å². The second kappa shape index (κ2) is 7.58. The lowest BCUT2D eigenvalue weighted by Crippen LogP contribution is -2.00. The van der Waals surface area contributed by atoms with Crippen LogP contribution in [0.1, 0.15) is 37.6 Å². The van der Waals surface area contributed by atoms with Gasteiger partial charge >= 0.3 is 0 Å². The van der Waals surface area contributed by atoms with Gasteiger partial charge in [0, 0.05) is 23.9 Å². The van der Waals surface area contributed by atoms with Gasteiger partial charge in [0.1, 0.15) is 0 Å². The quantitative estimate of drug-likeness (QED) is 0.477. The van der Waals surface area contributed by atoms with E-state index >= 15 is 0 Å². The molecule has 5 nitrogen and oxygen atoms in total. The van der Waals surface area contributed by atoms with Crippen LogP contribution in [0.5, 0.6) is 0 Å². The van der Waals surface area contributed by atoms with Crippen LogP contribution in [0.4, 0.5) is 0 Å². The topological polar surface area (TPSA) is 56.7 Å². The number of aromatic nitrogens is 4. The zero-order chi connectivity index (χ0) is 18.6. The van der Waals surface area contributed by atoms with Crippen LogP contribution in [0.15, 0.2) is 71.4 Å². The standard InChI is InChI=1S/C22H22N4O/c1-3-19(16-9-6-5-7-10-16)22-24-21(25-27-22)18-12-8-11-17(15-18)20-13-14-23-26(20)4-2/h5-15,19H,3-4H2,1-2H3. The highest BCUT2D eigenvalue weighted by atomic mass is 16.5. The molecule has 0 aliphatic carbocycles. The highest BCUT2D eigenvalue weighted by Gasteiger charge is 2.20. The van der Waals surface area contributed by atoms with Crippen molar-refractivity contribution in [2.24, 2.45) is 0 Å². The van der Waals surface area contributed by atoms with E-state index in [9.17, 15) is 0 Å². The highest BCUT2D eigenvalue weighted by molar-refractivity contribution is 5.67. The highest BCUT2D eigenvalue weighted by Crippen LogP contribution is 2.29. The van der Waals surface area contributed by atoms with E-state index in [2.05, 4.69) is 48.4 Å². The third-order valence-corrected chi connectivity index (χ3v) is 4.78. The molecule has 4 rings (SSSR count). The average Bonchev–Trinajstić information content (AvgIpc) is 3.39. The van der Waals surface area contributed by atoms with E-state index in [4.69, 9.17) is 9.51 Å². The molecular weight excluding hydrogens is 336 g/mol. The fourth-order valence-electron chi connectivity index (χ4n) is 3.38. The molecule has 1 unspecified atom stereocenters. The average molecular weight is 358 g/mol. The van der Waals surface area contributed by atoms with Crippen molar-refractivity contribution in [1.82, 2.24) is 19.9 Å². The number of benzene rings is 2. The first-order chi connectivity index (χ1) is 13.3. The molecule has 0 radical (unpaired) electrons. The Morgan fingerprint density at radius 1 is 0.963 bits per heavy atom. The van der Waals surface area contributed by atoms with Gasteiger partial charge in [-0.05, 0) is 31.0 Å². The Labute approximate surface area is 158 Å². The molecular formula is C22H22N4O. The van der Waals surface area contributed by atoms with Crippen LogP contribution in [0.2, 0.25) is 0 Å². The number of rotatable bonds is 6. The van der Waals surface area contributed by atoms with Crippen molar-refractivity contribution in [3.05, 3.63) is 78.3 Å². The summed E-state index contributed by atoms with van der Waals surface area (Å²) in [7, 11) is 0. The molecule has 2 aromatic carbocycles. The Bertz CT molecular complexity index is 1020. The summed E-state index contributed by atoms with van der Waals surface area (Å²) in [5, 5.41) is 8.59. The molecule has 0 amide bonds. The maximum absolute atomic E-state index is 5.62. The second-order valence-corrected chi connectivity index (χ2v) is 6.44. The Hall–Kier alpha value is -3.21. The third-order valence-electron chi connectivity index (χ3n) is 4.78. The first-order valence-corrected chi connectivity index (χ1v) is 9.31. The van der Waals surface area contributed by atoms with Crippen molar-refractivity contribution < 1.29 is 4.52 Å². The van der Waals surface area contributed by atoms with Crippen LogP contribution in [0.25, 0.3) is 22.6 Å². The van der Waals surface area contributed by atoms with Gasteiger partial charge in [-0.25, -0.2) is 0 Å². The van der Waals surface area contributed by atoms with Crippen molar-refractivity contribution in [2.45, 2.75) is 32.7 Å². The van der Waals surface area contributed by atoms with Gasteiger partial charge in [0.2, 0.25) is 11.7 Å². The Morgan fingerprint density at radius 2 is 1.78 bits per heavy atom. The monoisotopic (exact) mass is 358 g/mol. The summed E-state index contributed by atoms with van der Waals surface area (Å²) in [5.74, 6) is 1.38. The van der Waals surface area contributed by atoms with E-state index < -0.39 is 0 Å². The Kier molecular flexibility index (Phi) is 4.83. The van der Waals surface area contributed by atoms with Gasteiger partial charge in [-0.1, -0.05) is 60.6 Å². The summed E-state index contributed by atoms with van der Waals surface area (Å²) in [4.78, 5) is 4.69. The Morgan fingerprint density at radius 3 is 2.56 bits per heavy atom. The summed E-state index contributed by atoms with van der Waals surface area (Å²) >= 11 is 0. The maximum Gasteiger partial charge on any atom is 0.234 e. The summed E-state index contributed by atoms with van der Waals surface area (Å²) in [6, 6.07) is 20.5. The zero-order valence-electron chi connectivity index (χ0n) is 15.5. The smallest absolute Gasteiger partial charge is 0.234 e. The van der Waals surface area contributed by atoms with E-state index in [-0.39, 0.29) is 5.92 Å². The van der Waals surface area contributed by atoms with E-state index in [1.54, 1.807) is 0 Å². The van der Waals surface area contributed by atoms with Crippen molar-refractivity contribution in [2.75, 3.05) is 0 Å². The molecule has 0 bridgehead atoms. The van der Waals surface area contributed by atoms with Crippen molar-refractivity contribution in [3.8, 4) is 22.6 Å². The number of aryl methyl sites for hydroxylation is 1. The minimum absolute atomic E-state index is 0.108. The summed E-state index contributed by atoms with van der Waals surface area (Å²) in [6.45, 7) is 5.04. The van der Waals surface area contributed by atoms with Gasteiger partial charge in [0.25, 0.3) is 0 Å². The molecule has 1 atom stereocenters. The van der Waals surface area contributed by atoms with Gasteiger partial charge in [-0.2, -0.15) is 10.1 Å². The number of nitrogens with zero attached hydrogens (tertiary/aromatic N) is 4. The summed E-state index contributed by atoms with van der Waals surface area (Å²) in [6.07, 6.45) is 2.73. The lowest BCUT2D eigenvalue weighted by atomic mass is 9.96. The fraction of sp³-hybridized carbons (Fsp3) is 0.227. The van der Waals surface area contributed by atoms with Gasteiger partial charge < -0.3 is 4.52 Å². The summed E-state index contributed by atoms with van der Waals surface area (Å²) < 4.78 is 7.60. The van der Waals surface area contributed by atoms with Crippen LogP contribution in [-0.2, 0) is 6.54 Å². The first kappa shape index (κ1) is 17.2. The number of hydrogen-bond donors (Lipinski definition) is 0. The third kappa shape index (κ3) is 3.40. The predicted molar refractivity (Wildman–Crippen MR) is 105 cm³/mol. The van der Waals surface area contributed by atoms with Crippen LogP contribution in [-0.4, -0.2) is 19.9 Å². The molecule has 0 aliphatic rings. The van der Waals surface area contributed by atoms with E-state index in [0.717, 1.165) is 29.8 Å². The Balaban J connectivity index is 1.67. The van der Waals surface area contributed by atoms with Crippen LogP contribution < -0.4 is 0 Å². The molecule has 136 valence electrons. The van der Waals surface area contributed by atoms with Crippen LogP contribution in [0.3, 0.4) is 0 Å². The second-order valence-electron chi connectivity index (χ2n) is 6.44. The van der Waals surface area contributed by atoms with Crippen molar-refractivity contribution in [1.29, 1.82) is 0 Å². The van der Waals surface area contributed by atoms with Crippen molar-refractivity contribution >= 4 is 0 Å². The largest absolute Gasteiger partial charge is 0.338 e. The normalized spacial score (nSPS) is 12.2. The molecule has 0 saturated carbocycles. The minimum Gasteiger partial charge on any atom is -0.338 e. The molecule has 0 spiro atoms. The van der Waals surface area contributed by atoms with E-state index in [0.29, 0.717) is 11.7 Å². The van der Waals surface area contributed by atoms with E-state index in [1.165, 1.54) is 5.56 Å². The van der Waals surface area contributed by atoms with Gasteiger partial charge in [-0.15, -0.1) is 0 Å². The SMILES string of the molecule is CCC(c1ccccc1)c1nc(-c2cccc(-c3ccnn3CC)c2)no1. The fourth-order valence-corrected chi connectivity index (χ4v) is 3.38. The number of hydrogen-bond acceptors (Lipinski definition) is 4. The molecule has 27 heavy (non-hydrogen) atoms.